The Balaban J connectivity index is 2.93. The Hall–Kier alpha value is 0.01000. The first kappa shape index (κ1) is 12.1. The van der Waals surface area contributed by atoms with Crippen molar-refractivity contribution in [3.63, 3.8) is 0 Å². The molecule has 0 radical (unpaired) electrons. The van der Waals surface area contributed by atoms with Gasteiger partial charge in [-0.1, -0.05) is 34.1 Å². The summed E-state index contributed by atoms with van der Waals surface area (Å²) in [7, 11) is 4.21. The second-order valence-electron chi connectivity index (χ2n) is 3.51. The van der Waals surface area contributed by atoms with Crippen molar-refractivity contribution in [2.24, 2.45) is 0 Å². The van der Waals surface area contributed by atoms with E-state index < -0.39 is 0 Å². The van der Waals surface area contributed by atoms with E-state index in [0.29, 0.717) is 6.04 Å². The van der Waals surface area contributed by atoms with Crippen molar-refractivity contribution < 1.29 is 0 Å². The molecule has 0 fully saturated rings. The van der Waals surface area contributed by atoms with Gasteiger partial charge in [0.15, 0.2) is 0 Å². The van der Waals surface area contributed by atoms with Crippen molar-refractivity contribution in [1.29, 1.82) is 0 Å². The van der Waals surface area contributed by atoms with Crippen LogP contribution in [0.15, 0.2) is 28.7 Å². The molecule has 0 amide bonds. The molecule has 1 nitrogen and oxygen atoms in total. The van der Waals surface area contributed by atoms with Gasteiger partial charge >= 0.3 is 0 Å². The van der Waals surface area contributed by atoms with Crippen LogP contribution in [0.2, 0.25) is 0 Å². The highest BCUT2D eigenvalue weighted by Gasteiger charge is 2.14. The number of halogens is 1. The van der Waals surface area contributed by atoms with E-state index in [-0.39, 0.29) is 0 Å². The first-order valence-corrected chi connectivity index (χ1v) is 6.11. The molecule has 1 unspecified atom stereocenters. The van der Waals surface area contributed by atoms with Gasteiger partial charge in [-0.25, -0.2) is 0 Å². The van der Waals surface area contributed by atoms with Gasteiger partial charge in [0.1, 0.15) is 0 Å². The number of hydrogen-bond acceptors (Lipinski definition) is 2. The Kier molecular flexibility index (Phi) is 4.99. The van der Waals surface area contributed by atoms with Gasteiger partial charge in [-0.05, 0) is 37.9 Å². The van der Waals surface area contributed by atoms with Crippen LogP contribution in [-0.4, -0.2) is 24.7 Å². The lowest BCUT2D eigenvalue weighted by molar-refractivity contribution is 0.293. The van der Waals surface area contributed by atoms with Crippen molar-refractivity contribution in [1.82, 2.24) is 4.90 Å². The number of nitrogens with zero attached hydrogens (tertiary/aromatic N) is 1. The van der Waals surface area contributed by atoms with Gasteiger partial charge in [0.25, 0.3) is 0 Å². The molecule has 0 saturated heterocycles. The zero-order valence-electron chi connectivity index (χ0n) is 8.57. The highest BCUT2D eigenvalue weighted by atomic mass is 79.9. The molecule has 3 heteroatoms. The molecule has 1 rings (SSSR count). The predicted molar refractivity (Wildman–Crippen MR) is 69.0 cm³/mol. The summed E-state index contributed by atoms with van der Waals surface area (Å²) in [6, 6.07) is 8.82. The van der Waals surface area contributed by atoms with E-state index in [0.717, 1.165) is 12.2 Å². The largest absolute Gasteiger partial charge is 0.302 e. The summed E-state index contributed by atoms with van der Waals surface area (Å²) in [6.07, 6.45) is 1.07. The summed E-state index contributed by atoms with van der Waals surface area (Å²) in [6.45, 7) is 0. The van der Waals surface area contributed by atoms with E-state index in [2.05, 4.69) is 65.8 Å². The fraction of sp³-hybridized carbons (Fsp3) is 0.455. The maximum atomic E-state index is 4.30. The van der Waals surface area contributed by atoms with E-state index >= 15 is 0 Å². The number of rotatable bonds is 4. The average molecular weight is 274 g/mol. The van der Waals surface area contributed by atoms with Gasteiger partial charge in [-0.15, -0.1) is 0 Å². The highest BCUT2D eigenvalue weighted by Crippen LogP contribution is 2.28. The number of hydrogen-bond donors (Lipinski definition) is 1. The Bertz CT molecular complexity index is 288. The quantitative estimate of drug-likeness (QED) is 0.824. The summed E-state index contributed by atoms with van der Waals surface area (Å²) in [4.78, 5) is 2.23. The highest BCUT2D eigenvalue weighted by molar-refractivity contribution is 9.10. The molecule has 0 aliphatic heterocycles. The molecule has 0 aliphatic rings. The minimum atomic E-state index is 0.447. The Labute approximate surface area is 100 Å². The minimum Gasteiger partial charge on any atom is -0.302 e. The van der Waals surface area contributed by atoms with E-state index in [9.17, 15) is 0 Å². The van der Waals surface area contributed by atoms with E-state index in [1.54, 1.807) is 0 Å². The van der Waals surface area contributed by atoms with Gasteiger partial charge in [-0.3, -0.25) is 0 Å². The molecule has 1 aromatic rings. The summed E-state index contributed by atoms with van der Waals surface area (Å²) in [5.74, 6) is 0.907. The van der Waals surface area contributed by atoms with Crippen LogP contribution in [0.25, 0.3) is 0 Å². The van der Waals surface area contributed by atoms with Crippen LogP contribution in [0.5, 0.6) is 0 Å². The summed E-state index contributed by atoms with van der Waals surface area (Å²) >= 11 is 7.88. The first-order valence-electron chi connectivity index (χ1n) is 4.68. The summed E-state index contributed by atoms with van der Waals surface area (Å²) in [5, 5.41) is 0. The second-order valence-corrected chi connectivity index (χ2v) is 4.81. The fourth-order valence-electron chi connectivity index (χ4n) is 1.56. The van der Waals surface area contributed by atoms with E-state index in [4.69, 9.17) is 0 Å². The summed E-state index contributed by atoms with van der Waals surface area (Å²) < 4.78 is 1.18. The minimum absolute atomic E-state index is 0.447. The Morgan fingerprint density at radius 3 is 2.50 bits per heavy atom. The molecule has 14 heavy (non-hydrogen) atoms. The molecule has 0 saturated carbocycles. The average Bonchev–Trinajstić information content (AvgIpc) is 2.15. The van der Waals surface area contributed by atoms with E-state index in [1.165, 1.54) is 10.0 Å². The zero-order chi connectivity index (χ0) is 10.6. The zero-order valence-corrected chi connectivity index (χ0v) is 11.1. The SMILES string of the molecule is CN(C)C(CCS)c1ccccc1Br. The van der Waals surface area contributed by atoms with Crippen molar-refractivity contribution in [2.75, 3.05) is 19.8 Å². The molecule has 78 valence electrons. The lowest BCUT2D eigenvalue weighted by Gasteiger charge is -2.25. The van der Waals surface area contributed by atoms with Gasteiger partial charge < -0.3 is 4.90 Å². The predicted octanol–water partition coefficient (Wildman–Crippen LogP) is 3.37. The maximum absolute atomic E-state index is 4.30. The Morgan fingerprint density at radius 1 is 1.36 bits per heavy atom. The molecular formula is C11H16BrNS. The smallest absolute Gasteiger partial charge is 0.0360 e. The Morgan fingerprint density at radius 2 is 2.00 bits per heavy atom. The van der Waals surface area contributed by atoms with Crippen LogP contribution in [0.1, 0.15) is 18.0 Å². The van der Waals surface area contributed by atoms with Crippen molar-refractivity contribution in [3.8, 4) is 0 Å². The van der Waals surface area contributed by atoms with Crippen molar-refractivity contribution in [3.05, 3.63) is 34.3 Å². The standard InChI is InChI=1S/C11H16BrNS/c1-13(2)11(7-8-14)9-5-3-4-6-10(9)12/h3-6,11,14H,7-8H2,1-2H3. The normalized spacial score (nSPS) is 13.2. The van der Waals surface area contributed by atoms with Gasteiger partial charge in [0.2, 0.25) is 0 Å². The molecule has 1 aromatic carbocycles. The number of benzene rings is 1. The summed E-state index contributed by atoms with van der Waals surface area (Å²) in [5.41, 5.74) is 1.34. The lowest BCUT2D eigenvalue weighted by Crippen LogP contribution is -2.20. The van der Waals surface area contributed by atoms with Crippen LogP contribution in [0.4, 0.5) is 0 Å². The molecule has 0 N–H and O–H groups in total. The van der Waals surface area contributed by atoms with Crippen LogP contribution in [0, 0.1) is 0 Å². The topological polar surface area (TPSA) is 3.24 Å². The molecule has 1 atom stereocenters. The van der Waals surface area contributed by atoms with Crippen LogP contribution >= 0.6 is 28.6 Å². The van der Waals surface area contributed by atoms with Crippen LogP contribution in [0.3, 0.4) is 0 Å². The fourth-order valence-corrected chi connectivity index (χ4v) is 2.35. The monoisotopic (exact) mass is 273 g/mol. The third kappa shape index (κ3) is 3.01. The van der Waals surface area contributed by atoms with Gasteiger partial charge in [0.05, 0.1) is 0 Å². The van der Waals surface area contributed by atoms with Gasteiger partial charge in [0, 0.05) is 10.5 Å². The third-order valence-electron chi connectivity index (χ3n) is 2.29. The second kappa shape index (κ2) is 5.79. The molecular weight excluding hydrogens is 258 g/mol. The maximum Gasteiger partial charge on any atom is 0.0360 e. The molecule has 0 heterocycles. The van der Waals surface area contributed by atoms with Gasteiger partial charge in [-0.2, -0.15) is 12.6 Å². The number of thiol groups is 1. The third-order valence-corrected chi connectivity index (χ3v) is 3.27. The molecule has 0 aliphatic carbocycles. The van der Waals surface area contributed by atoms with Crippen LogP contribution < -0.4 is 0 Å². The molecule has 0 spiro atoms. The lowest BCUT2D eigenvalue weighted by atomic mass is 10.0. The van der Waals surface area contributed by atoms with E-state index in [1.807, 2.05) is 6.07 Å². The first-order chi connectivity index (χ1) is 6.66. The molecule has 0 aromatic heterocycles. The van der Waals surface area contributed by atoms with Crippen molar-refractivity contribution in [2.45, 2.75) is 12.5 Å². The van der Waals surface area contributed by atoms with Crippen molar-refractivity contribution >= 4 is 28.6 Å². The molecule has 0 bridgehead atoms. The van der Waals surface area contributed by atoms with Crippen LogP contribution in [-0.2, 0) is 0 Å².